The van der Waals surface area contributed by atoms with Crippen LogP contribution in [0.3, 0.4) is 0 Å². The molecule has 2 aliphatic rings. The van der Waals surface area contributed by atoms with E-state index in [1.165, 1.54) is 12.8 Å². The molecule has 1 aromatic rings. The van der Waals surface area contributed by atoms with Gasteiger partial charge in [-0.25, -0.2) is 8.42 Å². The first kappa shape index (κ1) is 20.1. The van der Waals surface area contributed by atoms with Crippen LogP contribution < -0.4 is 9.46 Å². The van der Waals surface area contributed by atoms with E-state index in [4.69, 9.17) is 4.74 Å². The molecular formula is C20H30N2O4S. The number of likely N-dealkylation sites (tertiary alicyclic amines) is 1. The summed E-state index contributed by atoms with van der Waals surface area (Å²) < 4.78 is 34.1. The molecule has 0 radical (unpaired) electrons. The summed E-state index contributed by atoms with van der Waals surface area (Å²) in [6.45, 7) is 5.13. The van der Waals surface area contributed by atoms with E-state index in [-0.39, 0.29) is 22.8 Å². The maximum Gasteiger partial charge on any atom is 0.241 e. The molecule has 1 saturated heterocycles. The molecule has 1 saturated carbocycles. The summed E-state index contributed by atoms with van der Waals surface area (Å²) in [5.41, 5.74) is 0. The highest BCUT2D eigenvalue weighted by Gasteiger charge is 2.32. The molecule has 2 fully saturated rings. The van der Waals surface area contributed by atoms with Crippen LogP contribution in [0.1, 0.15) is 52.4 Å². The van der Waals surface area contributed by atoms with Crippen LogP contribution in [0.25, 0.3) is 0 Å². The molecule has 0 unspecified atom stereocenters. The topological polar surface area (TPSA) is 75.7 Å². The summed E-state index contributed by atoms with van der Waals surface area (Å²) in [6.07, 6.45) is 6.66. The Labute approximate surface area is 162 Å². The number of nitrogens with one attached hydrogen (secondary N) is 1. The van der Waals surface area contributed by atoms with E-state index >= 15 is 0 Å². The van der Waals surface area contributed by atoms with Gasteiger partial charge in [-0.05, 0) is 68.7 Å². The zero-order valence-electron chi connectivity index (χ0n) is 16.2. The number of carbonyl (C=O) groups is 1. The molecule has 0 bridgehead atoms. The quantitative estimate of drug-likeness (QED) is 0.771. The van der Waals surface area contributed by atoms with Gasteiger partial charge in [0.2, 0.25) is 15.9 Å². The van der Waals surface area contributed by atoms with Gasteiger partial charge in [0.15, 0.2) is 0 Å². The maximum atomic E-state index is 12.8. The largest absolute Gasteiger partial charge is 0.490 e. The molecular weight excluding hydrogens is 364 g/mol. The molecule has 0 spiro atoms. The summed E-state index contributed by atoms with van der Waals surface area (Å²) in [4.78, 5) is 14.6. The molecule has 1 amide bonds. The van der Waals surface area contributed by atoms with Gasteiger partial charge in [-0.3, -0.25) is 4.79 Å². The third kappa shape index (κ3) is 5.02. The number of carbonyl (C=O) groups excluding carboxylic acids is 1. The first-order valence-corrected chi connectivity index (χ1v) is 11.4. The van der Waals surface area contributed by atoms with Crippen molar-refractivity contribution in [3.8, 4) is 5.75 Å². The standard InChI is InChI=1S/C20H30N2O4S/c1-15(2)19(20(23)22-13-5-6-14-22)21-27(24,25)18-11-9-17(10-12-18)26-16-7-3-4-8-16/h9-12,15-16,19,21H,3-8,13-14H2,1-2H3/t19-/m0/s1. The van der Waals surface area contributed by atoms with Crippen LogP contribution >= 0.6 is 0 Å². The first-order chi connectivity index (χ1) is 12.9. The molecule has 6 nitrogen and oxygen atoms in total. The Morgan fingerprint density at radius 2 is 1.67 bits per heavy atom. The summed E-state index contributed by atoms with van der Waals surface area (Å²) in [5.74, 6) is 0.430. The average molecular weight is 395 g/mol. The normalized spacial score (nSPS) is 19.6. The third-order valence-corrected chi connectivity index (χ3v) is 6.83. The number of benzene rings is 1. The van der Waals surface area contributed by atoms with Crippen LogP contribution in [-0.4, -0.2) is 44.5 Å². The molecule has 1 atom stereocenters. The summed E-state index contributed by atoms with van der Waals surface area (Å²) in [6, 6.07) is 5.73. The van der Waals surface area contributed by atoms with Gasteiger partial charge < -0.3 is 9.64 Å². The minimum Gasteiger partial charge on any atom is -0.490 e. The van der Waals surface area contributed by atoms with Crippen LogP contribution in [0.4, 0.5) is 0 Å². The second-order valence-electron chi connectivity index (χ2n) is 7.87. The number of hydrogen-bond donors (Lipinski definition) is 1. The molecule has 1 heterocycles. The van der Waals surface area contributed by atoms with E-state index in [1.54, 1.807) is 29.2 Å². The first-order valence-electron chi connectivity index (χ1n) is 9.94. The van der Waals surface area contributed by atoms with Gasteiger partial charge in [-0.1, -0.05) is 13.8 Å². The van der Waals surface area contributed by atoms with Crippen molar-refractivity contribution in [1.82, 2.24) is 9.62 Å². The third-order valence-electron chi connectivity index (χ3n) is 5.37. The monoisotopic (exact) mass is 394 g/mol. The SMILES string of the molecule is CC(C)[C@H](NS(=O)(=O)c1ccc(OC2CCCC2)cc1)C(=O)N1CCCC1. The second kappa shape index (κ2) is 8.61. The van der Waals surface area contributed by atoms with E-state index in [1.807, 2.05) is 13.8 Å². The lowest BCUT2D eigenvalue weighted by Gasteiger charge is -2.26. The van der Waals surface area contributed by atoms with Crippen molar-refractivity contribution in [1.29, 1.82) is 0 Å². The maximum absolute atomic E-state index is 12.8. The molecule has 1 N–H and O–H groups in total. The van der Waals surface area contributed by atoms with Gasteiger partial charge >= 0.3 is 0 Å². The Hall–Kier alpha value is -1.60. The number of ether oxygens (including phenoxy) is 1. The average Bonchev–Trinajstić information content (AvgIpc) is 3.33. The Bertz CT molecular complexity index is 734. The van der Waals surface area contributed by atoms with Crippen LogP contribution in [0.2, 0.25) is 0 Å². The lowest BCUT2D eigenvalue weighted by Crippen LogP contribution is -2.50. The Morgan fingerprint density at radius 3 is 2.22 bits per heavy atom. The van der Waals surface area contributed by atoms with Crippen molar-refractivity contribution in [3.63, 3.8) is 0 Å². The van der Waals surface area contributed by atoms with Gasteiger partial charge in [0.25, 0.3) is 0 Å². The number of hydrogen-bond acceptors (Lipinski definition) is 4. The van der Waals surface area contributed by atoms with Crippen LogP contribution in [-0.2, 0) is 14.8 Å². The van der Waals surface area contributed by atoms with Crippen molar-refractivity contribution < 1.29 is 17.9 Å². The molecule has 27 heavy (non-hydrogen) atoms. The van der Waals surface area contributed by atoms with Crippen molar-refractivity contribution in [2.75, 3.05) is 13.1 Å². The molecule has 150 valence electrons. The highest BCUT2D eigenvalue weighted by atomic mass is 32.2. The van der Waals surface area contributed by atoms with E-state index in [2.05, 4.69) is 4.72 Å². The van der Waals surface area contributed by atoms with E-state index in [0.29, 0.717) is 18.8 Å². The van der Waals surface area contributed by atoms with Crippen LogP contribution in [0.5, 0.6) is 5.75 Å². The number of amides is 1. The lowest BCUT2D eigenvalue weighted by atomic mass is 10.0. The van der Waals surface area contributed by atoms with Gasteiger partial charge in [0, 0.05) is 13.1 Å². The van der Waals surface area contributed by atoms with Crippen molar-refractivity contribution >= 4 is 15.9 Å². The van der Waals surface area contributed by atoms with Crippen LogP contribution in [0, 0.1) is 5.92 Å². The number of rotatable bonds is 7. The molecule has 1 aliphatic carbocycles. The fourth-order valence-corrected chi connectivity index (χ4v) is 5.07. The van der Waals surface area contributed by atoms with Crippen molar-refractivity contribution in [2.45, 2.75) is 69.4 Å². The molecule has 3 rings (SSSR count). The number of nitrogens with zero attached hydrogens (tertiary/aromatic N) is 1. The fraction of sp³-hybridized carbons (Fsp3) is 0.650. The molecule has 7 heteroatoms. The lowest BCUT2D eigenvalue weighted by molar-refractivity contribution is -0.132. The minimum absolute atomic E-state index is 0.127. The fourth-order valence-electron chi connectivity index (χ4n) is 3.74. The van der Waals surface area contributed by atoms with Crippen molar-refractivity contribution in [2.24, 2.45) is 5.92 Å². The van der Waals surface area contributed by atoms with Gasteiger partial charge in [-0.15, -0.1) is 0 Å². The predicted molar refractivity (Wildman–Crippen MR) is 104 cm³/mol. The minimum atomic E-state index is -3.78. The highest BCUT2D eigenvalue weighted by molar-refractivity contribution is 7.89. The Balaban J connectivity index is 1.69. The van der Waals surface area contributed by atoms with Crippen molar-refractivity contribution in [3.05, 3.63) is 24.3 Å². The van der Waals surface area contributed by atoms with E-state index in [9.17, 15) is 13.2 Å². The van der Waals surface area contributed by atoms with Gasteiger partial charge in [-0.2, -0.15) is 4.72 Å². The van der Waals surface area contributed by atoms with E-state index < -0.39 is 16.1 Å². The zero-order valence-corrected chi connectivity index (χ0v) is 17.0. The molecule has 0 aromatic heterocycles. The highest BCUT2D eigenvalue weighted by Crippen LogP contribution is 2.25. The molecule has 1 aliphatic heterocycles. The summed E-state index contributed by atoms with van der Waals surface area (Å²) in [7, 11) is -3.78. The molecule has 1 aromatic carbocycles. The number of sulfonamides is 1. The summed E-state index contributed by atoms with van der Waals surface area (Å²) in [5, 5.41) is 0. The zero-order chi connectivity index (χ0) is 19.4. The Morgan fingerprint density at radius 1 is 1.07 bits per heavy atom. The predicted octanol–water partition coefficient (Wildman–Crippen LogP) is 2.93. The van der Waals surface area contributed by atoms with E-state index in [0.717, 1.165) is 25.7 Å². The van der Waals surface area contributed by atoms with Crippen LogP contribution in [0.15, 0.2) is 29.2 Å². The van der Waals surface area contributed by atoms with Gasteiger partial charge in [0.05, 0.1) is 11.0 Å². The smallest absolute Gasteiger partial charge is 0.241 e. The van der Waals surface area contributed by atoms with Gasteiger partial charge in [0.1, 0.15) is 11.8 Å². The summed E-state index contributed by atoms with van der Waals surface area (Å²) >= 11 is 0. The Kier molecular flexibility index (Phi) is 6.42. The second-order valence-corrected chi connectivity index (χ2v) is 9.59.